The van der Waals surface area contributed by atoms with Gasteiger partial charge >= 0.3 is 0 Å². The largest absolute Gasteiger partial charge is 0.456 e. The molecule has 1 heteroatoms. The topological polar surface area (TPSA) is 13.1 Å². The minimum atomic E-state index is -0.701. The molecule has 1 heterocycles. The Morgan fingerprint density at radius 1 is 0.388 bits per heavy atom. The molecule has 0 fully saturated rings. The van der Waals surface area contributed by atoms with Gasteiger partial charge in [0, 0.05) is 10.8 Å². The summed E-state index contributed by atoms with van der Waals surface area (Å²) < 4.78 is 147. The first-order chi connectivity index (χ1) is 31.0. The zero-order valence-corrected chi connectivity index (χ0v) is 25.5. The first-order valence-corrected chi connectivity index (χ1v) is 15.5. The van der Waals surface area contributed by atoms with Crippen LogP contribution in [0.25, 0.3) is 98.8 Å². The molecule has 0 N–H and O–H groups in total. The van der Waals surface area contributed by atoms with Crippen LogP contribution in [0.15, 0.2) is 186 Å². The Bertz CT molecular complexity index is 3680. The molecule has 0 radical (unpaired) electrons. The first-order valence-electron chi connectivity index (χ1n) is 23.5. The smallest absolute Gasteiger partial charge is 0.136 e. The van der Waals surface area contributed by atoms with Crippen LogP contribution >= 0.6 is 0 Å². The molecule has 0 aliphatic rings. The van der Waals surface area contributed by atoms with Gasteiger partial charge in [0.2, 0.25) is 0 Å². The van der Waals surface area contributed by atoms with Gasteiger partial charge in [-0.15, -0.1) is 0 Å². The van der Waals surface area contributed by atoms with Crippen LogP contribution in [0, 0.1) is 0 Å². The minimum absolute atomic E-state index is 0.0330. The number of rotatable bonds is 4. The van der Waals surface area contributed by atoms with Crippen molar-refractivity contribution in [1.29, 1.82) is 0 Å². The van der Waals surface area contributed by atoms with Crippen LogP contribution in [0.4, 0.5) is 0 Å². The predicted molar refractivity (Wildman–Crippen MR) is 208 cm³/mol. The molecule has 0 spiro atoms. The maximum absolute atomic E-state index is 9.95. The summed E-state index contributed by atoms with van der Waals surface area (Å²) in [4.78, 5) is 0. The molecule has 1 aromatic heterocycles. The quantitative estimate of drug-likeness (QED) is 0.175. The molecular weight excluding hydrogens is 593 g/mol. The van der Waals surface area contributed by atoms with Crippen LogP contribution in [0.1, 0.15) is 21.9 Å². The highest BCUT2D eigenvalue weighted by Crippen LogP contribution is 2.48. The third-order valence-electron chi connectivity index (χ3n) is 8.92. The highest BCUT2D eigenvalue weighted by Gasteiger charge is 2.21. The van der Waals surface area contributed by atoms with Crippen molar-refractivity contribution in [3.05, 3.63) is 182 Å². The molecule has 10 rings (SSSR count). The summed E-state index contributed by atoms with van der Waals surface area (Å²) in [5, 5.41) is 3.00. The lowest BCUT2D eigenvalue weighted by atomic mass is 9.83. The first kappa shape index (κ1) is 16.1. The zero-order valence-electron chi connectivity index (χ0n) is 41.5. The van der Waals surface area contributed by atoms with Crippen molar-refractivity contribution in [3.8, 4) is 44.5 Å². The molecule has 0 saturated heterocycles. The minimum Gasteiger partial charge on any atom is -0.456 e. The third kappa shape index (κ3) is 4.40. The summed E-state index contributed by atoms with van der Waals surface area (Å²) in [6.07, 6.45) is 0. The van der Waals surface area contributed by atoms with Crippen molar-refractivity contribution < 1.29 is 26.3 Å². The number of fused-ring (bicyclic) bond motifs is 6. The van der Waals surface area contributed by atoms with E-state index in [0.717, 1.165) is 0 Å². The van der Waals surface area contributed by atoms with Gasteiger partial charge in [-0.25, -0.2) is 0 Å². The molecule has 0 atom stereocenters. The Labute approximate surface area is 306 Å². The van der Waals surface area contributed by atoms with E-state index in [0.29, 0.717) is 65.7 Å². The molecule has 0 aliphatic heterocycles. The second kappa shape index (κ2) is 11.1. The van der Waals surface area contributed by atoms with E-state index in [-0.39, 0.29) is 39.5 Å². The molecule has 0 saturated carbocycles. The van der Waals surface area contributed by atoms with Crippen molar-refractivity contribution in [2.24, 2.45) is 0 Å². The Balaban J connectivity index is 1.35. The second-order valence-corrected chi connectivity index (χ2v) is 11.6. The average Bonchev–Trinajstić information content (AvgIpc) is 3.69. The normalized spacial score (nSPS) is 16.2. The molecule has 0 bridgehead atoms. The Morgan fingerprint density at radius 2 is 1.02 bits per heavy atom. The Kier molecular flexibility index (Phi) is 3.64. The predicted octanol–water partition coefficient (Wildman–Crippen LogP) is 13.7. The summed E-state index contributed by atoms with van der Waals surface area (Å²) in [6, 6.07) is 16.2. The molecule has 0 amide bonds. The van der Waals surface area contributed by atoms with Gasteiger partial charge in [-0.2, -0.15) is 0 Å². The SMILES string of the molecule is [2H]c1c([2H])c([2H])c(-c2ccc3oc4cccc(-c5c6ccccc6c(-c6c([2H])c(-c7c([2H])c([2H])c([2H])c([2H])c7[2H])c7c([2H])c([2H])c([2H])c([2H])c7c6[2H])c6ccccc56)c4c3c2)c([2H])c1[2H]. The number of hydrogen-bond donors (Lipinski definition) is 0. The maximum Gasteiger partial charge on any atom is 0.136 e. The Morgan fingerprint density at radius 3 is 1.73 bits per heavy atom. The number of benzene rings is 9. The van der Waals surface area contributed by atoms with E-state index in [1.165, 1.54) is 0 Å². The lowest BCUT2D eigenvalue weighted by Crippen LogP contribution is -1.92. The van der Waals surface area contributed by atoms with Crippen molar-refractivity contribution in [3.63, 3.8) is 0 Å². The number of hydrogen-bond acceptors (Lipinski definition) is 1. The fourth-order valence-electron chi connectivity index (χ4n) is 6.90. The van der Waals surface area contributed by atoms with Gasteiger partial charge in [0.15, 0.2) is 0 Å². The summed E-state index contributed by atoms with van der Waals surface area (Å²) in [6.45, 7) is 0. The zero-order chi connectivity index (χ0) is 46.2. The molecule has 228 valence electrons. The fourth-order valence-corrected chi connectivity index (χ4v) is 6.90. The standard InChI is InChI=1S/C48H30O/c1-3-14-31(15-4-1)33-26-27-44-43(29-33)48-41(24-13-25-45(48)49-44)47-39-22-11-9-20-37(39)46(38-21-10-12-23-40(38)47)35-28-34-18-7-8-19-36(34)42(30-35)32-16-5-2-6-17-32/h1-30H/i1D,2D,3D,4D,5D,6D,7D,8D,14D,15D,16D,17D,18D,19D,28D,30D. The van der Waals surface area contributed by atoms with Crippen LogP contribution in [-0.2, 0) is 0 Å². The van der Waals surface area contributed by atoms with Crippen molar-refractivity contribution in [2.45, 2.75) is 0 Å². The van der Waals surface area contributed by atoms with E-state index in [9.17, 15) is 2.74 Å². The van der Waals surface area contributed by atoms with E-state index < -0.39 is 90.2 Å². The summed E-state index contributed by atoms with van der Waals surface area (Å²) in [7, 11) is 0. The summed E-state index contributed by atoms with van der Waals surface area (Å²) in [5.74, 6) is 0. The average molecular weight is 639 g/mol. The molecule has 9 aromatic carbocycles. The van der Waals surface area contributed by atoms with Crippen molar-refractivity contribution >= 4 is 54.3 Å². The van der Waals surface area contributed by atoms with E-state index in [2.05, 4.69) is 0 Å². The van der Waals surface area contributed by atoms with E-state index in [1.54, 1.807) is 48.5 Å². The molecule has 1 nitrogen and oxygen atoms in total. The van der Waals surface area contributed by atoms with Gasteiger partial charge in [-0.3, -0.25) is 0 Å². The second-order valence-electron chi connectivity index (χ2n) is 11.6. The van der Waals surface area contributed by atoms with Gasteiger partial charge in [0.1, 0.15) is 11.2 Å². The highest BCUT2D eigenvalue weighted by atomic mass is 16.3. The molecule has 0 aliphatic carbocycles. The van der Waals surface area contributed by atoms with E-state index in [4.69, 9.17) is 23.6 Å². The fraction of sp³-hybridized carbons (Fsp3) is 0. The van der Waals surface area contributed by atoms with Crippen molar-refractivity contribution in [1.82, 2.24) is 0 Å². The van der Waals surface area contributed by atoms with E-state index >= 15 is 0 Å². The van der Waals surface area contributed by atoms with Crippen LogP contribution in [0.5, 0.6) is 0 Å². The van der Waals surface area contributed by atoms with Crippen LogP contribution in [0.2, 0.25) is 0 Å². The van der Waals surface area contributed by atoms with Gasteiger partial charge in [0.05, 0.1) is 21.9 Å². The monoisotopic (exact) mass is 638 g/mol. The van der Waals surface area contributed by atoms with Gasteiger partial charge in [-0.1, -0.05) is 151 Å². The maximum atomic E-state index is 9.95. The third-order valence-corrected chi connectivity index (χ3v) is 8.92. The Hall–Kier alpha value is -6.44. The molecule has 0 unspecified atom stereocenters. The lowest BCUT2D eigenvalue weighted by Gasteiger charge is -2.19. The van der Waals surface area contributed by atoms with Crippen LogP contribution in [-0.4, -0.2) is 0 Å². The highest BCUT2D eigenvalue weighted by molar-refractivity contribution is 6.26. The van der Waals surface area contributed by atoms with E-state index in [1.807, 2.05) is 36.4 Å². The lowest BCUT2D eigenvalue weighted by molar-refractivity contribution is 0.669. The van der Waals surface area contributed by atoms with Gasteiger partial charge in [0.25, 0.3) is 0 Å². The van der Waals surface area contributed by atoms with Crippen LogP contribution in [0.3, 0.4) is 0 Å². The van der Waals surface area contributed by atoms with Gasteiger partial charge in [-0.05, 0) is 107 Å². The van der Waals surface area contributed by atoms with Crippen molar-refractivity contribution in [2.75, 3.05) is 0 Å². The molecule has 49 heavy (non-hydrogen) atoms. The summed E-state index contributed by atoms with van der Waals surface area (Å²) in [5.41, 5.74) is 2.29. The van der Waals surface area contributed by atoms with Crippen LogP contribution < -0.4 is 0 Å². The molecule has 10 aromatic rings. The number of furan rings is 1. The van der Waals surface area contributed by atoms with Gasteiger partial charge < -0.3 is 4.42 Å². The summed E-state index contributed by atoms with van der Waals surface area (Å²) >= 11 is 0. The molecular formula is C48H30O.